The summed E-state index contributed by atoms with van der Waals surface area (Å²) in [5.74, 6) is 0.883. The van der Waals surface area contributed by atoms with E-state index in [1.165, 1.54) is 6.92 Å². The molecule has 1 aromatic rings. The Balaban J connectivity index is 0.00000288. The number of halogens is 1. The van der Waals surface area contributed by atoms with E-state index in [9.17, 15) is 9.59 Å². The summed E-state index contributed by atoms with van der Waals surface area (Å²) in [5.41, 5.74) is 0.641. The largest absolute Gasteiger partial charge is 0.494 e. The van der Waals surface area contributed by atoms with E-state index in [0.29, 0.717) is 36.8 Å². The van der Waals surface area contributed by atoms with Gasteiger partial charge >= 0.3 is 0 Å². The molecule has 24 heavy (non-hydrogen) atoms. The van der Waals surface area contributed by atoms with Gasteiger partial charge in [-0.1, -0.05) is 12.1 Å². The van der Waals surface area contributed by atoms with E-state index < -0.39 is 0 Å². The van der Waals surface area contributed by atoms with Gasteiger partial charge in [-0.25, -0.2) is 0 Å². The van der Waals surface area contributed by atoms with Crippen LogP contribution >= 0.6 is 12.4 Å². The molecule has 6 heteroatoms. The molecule has 1 amide bonds. The van der Waals surface area contributed by atoms with E-state index in [1.807, 2.05) is 11.0 Å². The molecule has 2 atom stereocenters. The van der Waals surface area contributed by atoms with E-state index in [4.69, 9.17) is 4.74 Å². The van der Waals surface area contributed by atoms with Crippen molar-refractivity contribution >= 4 is 24.1 Å². The van der Waals surface area contributed by atoms with Crippen molar-refractivity contribution in [2.45, 2.75) is 45.7 Å². The van der Waals surface area contributed by atoms with Crippen LogP contribution in [0, 0.1) is 0 Å². The number of rotatable bonds is 6. The second-order valence-electron chi connectivity index (χ2n) is 6.11. The first-order chi connectivity index (χ1) is 11.0. The summed E-state index contributed by atoms with van der Waals surface area (Å²) in [6.45, 7) is 7.82. The molecule has 1 fully saturated rings. The maximum absolute atomic E-state index is 12.3. The highest BCUT2D eigenvalue weighted by Gasteiger charge is 2.27. The molecule has 2 rings (SSSR count). The van der Waals surface area contributed by atoms with Crippen LogP contribution in [-0.4, -0.2) is 48.4 Å². The van der Waals surface area contributed by atoms with Crippen molar-refractivity contribution in [3.63, 3.8) is 0 Å². The number of ether oxygens (including phenoxy) is 1. The number of Topliss-reactive ketones (excluding diaryl/α,β-unsaturated/α-hetero) is 1. The smallest absolute Gasteiger partial charge is 0.223 e. The summed E-state index contributed by atoms with van der Waals surface area (Å²) >= 11 is 0. The van der Waals surface area contributed by atoms with E-state index in [-0.39, 0.29) is 30.1 Å². The van der Waals surface area contributed by atoms with Crippen molar-refractivity contribution in [2.75, 3.05) is 19.7 Å². The Kier molecular flexibility index (Phi) is 8.22. The highest BCUT2D eigenvalue weighted by atomic mass is 35.5. The summed E-state index contributed by atoms with van der Waals surface area (Å²) < 4.78 is 5.65. The molecule has 0 radical (unpaired) electrons. The molecule has 0 aromatic heterocycles. The van der Waals surface area contributed by atoms with Crippen molar-refractivity contribution in [3.05, 3.63) is 29.8 Å². The maximum Gasteiger partial charge on any atom is 0.223 e. The standard InChI is InChI=1S/C18H26N2O3.ClH/c1-13-14(2)20(10-9-19-13)18(22)8-5-11-23-17-7-4-6-16(12-17)15(3)21;/h4,6-7,12-14,19H,5,8-11H2,1-3H3;1H. The van der Waals surface area contributed by atoms with Gasteiger partial charge in [-0.05, 0) is 39.3 Å². The van der Waals surface area contributed by atoms with Crippen LogP contribution in [0.4, 0.5) is 0 Å². The second kappa shape index (κ2) is 9.64. The van der Waals surface area contributed by atoms with Crippen molar-refractivity contribution in [2.24, 2.45) is 0 Å². The van der Waals surface area contributed by atoms with Crippen LogP contribution in [0.1, 0.15) is 44.0 Å². The number of nitrogens with zero attached hydrogens (tertiary/aromatic N) is 1. The first kappa shape index (κ1) is 20.5. The first-order valence-corrected chi connectivity index (χ1v) is 8.25. The third-order valence-corrected chi connectivity index (χ3v) is 4.40. The van der Waals surface area contributed by atoms with Crippen LogP contribution < -0.4 is 10.1 Å². The average Bonchev–Trinajstić information content (AvgIpc) is 2.54. The number of piperazine rings is 1. The molecule has 1 aromatic carbocycles. The molecule has 134 valence electrons. The maximum atomic E-state index is 12.3. The fraction of sp³-hybridized carbons (Fsp3) is 0.556. The zero-order valence-electron chi connectivity index (χ0n) is 14.6. The van der Waals surface area contributed by atoms with Crippen molar-refractivity contribution in [1.82, 2.24) is 10.2 Å². The minimum atomic E-state index is 0. The first-order valence-electron chi connectivity index (χ1n) is 8.25. The fourth-order valence-electron chi connectivity index (χ4n) is 2.77. The van der Waals surface area contributed by atoms with E-state index in [2.05, 4.69) is 19.2 Å². The van der Waals surface area contributed by atoms with Gasteiger partial charge in [0.05, 0.1) is 6.61 Å². The van der Waals surface area contributed by atoms with Gasteiger partial charge in [-0.15, -0.1) is 12.4 Å². The average molecular weight is 355 g/mol. The van der Waals surface area contributed by atoms with Gasteiger partial charge in [-0.3, -0.25) is 9.59 Å². The summed E-state index contributed by atoms with van der Waals surface area (Å²) in [6, 6.07) is 7.70. The normalized spacial score (nSPS) is 20.2. The topological polar surface area (TPSA) is 58.6 Å². The Morgan fingerprint density at radius 2 is 2.08 bits per heavy atom. The lowest BCUT2D eigenvalue weighted by molar-refractivity contribution is -0.135. The lowest BCUT2D eigenvalue weighted by Gasteiger charge is -2.38. The van der Waals surface area contributed by atoms with Gasteiger partial charge in [-0.2, -0.15) is 0 Å². The number of hydrogen-bond acceptors (Lipinski definition) is 4. The van der Waals surface area contributed by atoms with Crippen LogP contribution in [0.25, 0.3) is 0 Å². The molecule has 0 spiro atoms. The Bertz CT molecular complexity index is 565. The number of amides is 1. The zero-order valence-corrected chi connectivity index (χ0v) is 15.4. The van der Waals surface area contributed by atoms with Crippen LogP contribution in [0.5, 0.6) is 5.75 Å². The van der Waals surface area contributed by atoms with Crippen LogP contribution in [0.15, 0.2) is 24.3 Å². The summed E-state index contributed by atoms with van der Waals surface area (Å²) in [4.78, 5) is 25.6. The lowest BCUT2D eigenvalue weighted by Crippen LogP contribution is -2.57. The Hall–Kier alpha value is -1.59. The minimum absolute atomic E-state index is 0. The molecule has 0 saturated carbocycles. The third kappa shape index (κ3) is 5.49. The molecular weight excluding hydrogens is 328 g/mol. The number of carbonyl (C=O) groups excluding carboxylic acids is 2. The molecular formula is C18H27ClN2O3. The van der Waals surface area contributed by atoms with Crippen molar-refractivity contribution in [1.29, 1.82) is 0 Å². The highest BCUT2D eigenvalue weighted by molar-refractivity contribution is 5.94. The molecule has 5 nitrogen and oxygen atoms in total. The molecule has 1 aliphatic heterocycles. The predicted molar refractivity (Wildman–Crippen MR) is 97.1 cm³/mol. The Labute approximate surface area is 150 Å². The number of ketones is 1. The molecule has 0 aliphatic carbocycles. The SMILES string of the molecule is CC(=O)c1cccc(OCCCC(=O)N2CCNC(C)C2C)c1.Cl. The van der Waals surface area contributed by atoms with Gasteiger partial charge in [0, 0.05) is 37.2 Å². The number of nitrogens with one attached hydrogen (secondary N) is 1. The van der Waals surface area contributed by atoms with Gasteiger partial charge in [0.2, 0.25) is 5.91 Å². The van der Waals surface area contributed by atoms with E-state index in [1.54, 1.807) is 18.2 Å². The molecule has 1 N–H and O–H groups in total. The van der Waals surface area contributed by atoms with Crippen LogP contribution in [0.2, 0.25) is 0 Å². The van der Waals surface area contributed by atoms with Crippen molar-refractivity contribution in [3.8, 4) is 5.75 Å². The molecule has 1 heterocycles. The quantitative estimate of drug-likeness (QED) is 0.630. The Morgan fingerprint density at radius 1 is 1.33 bits per heavy atom. The lowest BCUT2D eigenvalue weighted by atomic mass is 10.1. The van der Waals surface area contributed by atoms with Crippen LogP contribution in [0.3, 0.4) is 0 Å². The van der Waals surface area contributed by atoms with Gasteiger partial charge < -0.3 is 15.0 Å². The van der Waals surface area contributed by atoms with Gasteiger partial charge in [0.15, 0.2) is 5.78 Å². The molecule has 1 aliphatic rings. The minimum Gasteiger partial charge on any atom is -0.494 e. The predicted octanol–water partition coefficient (Wildman–Crippen LogP) is 2.68. The van der Waals surface area contributed by atoms with E-state index >= 15 is 0 Å². The fourth-order valence-corrected chi connectivity index (χ4v) is 2.77. The molecule has 1 saturated heterocycles. The van der Waals surface area contributed by atoms with Gasteiger partial charge in [0.1, 0.15) is 5.75 Å². The summed E-state index contributed by atoms with van der Waals surface area (Å²) in [7, 11) is 0. The second-order valence-corrected chi connectivity index (χ2v) is 6.11. The Morgan fingerprint density at radius 3 is 2.79 bits per heavy atom. The van der Waals surface area contributed by atoms with Crippen molar-refractivity contribution < 1.29 is 14.3 Å². The van der Waals surface area contributed by atoms with Crippen LogP contribution in [-0.2, 0) is 4.79 Å². The summed E-state index contributed by atoms with van der Waals surface area (Å²) in [6.07, 6.45) is 1.16. The third-order valence-electron chi connectivity index (χ3n) is 4.40. The molecule has 2 unspecified atom stereocenters. The molecule has 0 bridgehead atoms. The number of benzene rings is 1. The number of hydrogen-bond donors (Lipinski definition) is 1. The zero-order chi connectivity index (χ0) is 16.8. The summed E-state index contributed by atoms with van der Waals surface area (Å²) in [5, 5.41) is 3.37. The number of carbonyl (C=O) groups is 2. The monoisotopic (exact) mass is 354 g/mol. The van der Waals surface area contributed by atoms with E-state index in [0.717, 1.165) is 13.1 Å². The highest BCUT2D eigenvalue weighted by Crippen LogP contribution is 2.15. The van der Waals surface area contributed by atoms with Gasteiger partial charge in [0.25, 0.3) is 0 Å².